The molecule has 0 unspecified atom stereocenters. The Hall–Kier alpha value is -1.78. The van der Waals surface area contributed by atoms with Crippen LogP contribution in [0.5, 0.6) is 0 Å². The Balaban J connectivity index is 1.82. The molecule has 1 aromatic heterocycles. The number of carbonyl (C=O) groups is 1. The average Bonchev–Trinajstić information content (AvgIpc) is 2.87. The number of hydrogen-bond donors (Lipinski definition) is 2. The average molecular weight is 389 g/mol. The van der Waals surface area contributed by atoms with Gasteiger partial charge in [-0.2, -0.15) is 0 Å². The van der Waals surface area contributed by atoms with E-state index < -0.39 is 5.97 Å². The lowest BCUT2D eigenvalue weighted by molar-refractivity contribution is 0.0694. The van der Waals surface area contributed by atoms with Crippen molar-refractivity contribution in [3.8, 4) is 0 Å². The van der Waals surface area contributed by atoms with Crippen LogP contribution in [-0.2, 0) is 13.1 Å². The maximum atomic E-state index is 11.9. The van der Waals surface area contributed by atoms with E-state index in [9.17, 15) is 9.90 Å². The molecule has 2 N–H and O–H groups in total. The third-order valence-electron chi connectivity index (χ3n) is 5.96. The summed E-state index contributed by atoms with van der Waals surface area (Å²) in [5, 5.41) is 14.1. The summed E-state index contributed by atoms with van der Waals surface area (Å²) in [4.78, 5) is 11.9. The van der Waals surface area contributed by atoms with Crippen LogP contribution in [-0.4, -0.2) is 21.7 Å². The summed E-state index contributed by atoms with van der Waals surface area (Å²) in [6.45, 7) is 7.49. The van der Waals surface area contributed by atoms with Crippen LogP contribution in [0.4, 0.5) is 0 Å². The number of benzene rings is 1. The van der Waals surface area contributed by atoms with E-state index in [1.54, 1.807) is 0 Å². The van der Waals surface area contributed by atoms with Gasteiger partial charge in [0.15, 0.2) is 0 Å². The van der Waals surface area contributed by atoms with Crippen molar-refractivity contribution < 1.29 is 9.90 Å². The summed E-state index contributed by atoms with van der Waals surface area (Å²) in [6.07, 6.45) is 4.85. The Labute approximate surface area is 166 Å². The molecule has 1 fully saturated rings. The molecule has 1 aliphatic carbocycles. The van der Waals surface area contributed by atoms with Crippen LogP contribution in [0, 0.1) is 19.8 Å². The first-order valence-corrected chi connectivity index (χ1v) is 10.1. The topological polar surface area (TPSA) is 54.3 Å². The first-order valence-electron chi connectivity index (χ1n) is 9.76. The maximum Gasteiger partial charge on any atom is 0.337 e. The first-order chi connectivity index (χ1) is 12.9. The summed E-state index contributed by atoms with van der Waals surface area (Å²) < 4.78 is 2.10. The lowest BCUT2D eigenvalue weighted by Crippen LogP contribution is -2.32. The Kier molecular flexibility index (Phi) is 6.28. The van der Waals surface area contributed by atoms with Gasteiger partial charge in [0.05, 0.1) is 5.56 Å². The van der Waals surface area contributed by atoms with E-state index in [4.69, 9.17) is 11.6 Å². The van der Waals surface area contributed by atoms with Gasteiger partial charge in [-0.25, -0.2) is 4.79 Å². The molecule has 0 bridgehead atoms. The van der Waals surface area contributed by atoms with Gasteiger partial charge in [-0.3, -0.25) is 0 Å². The van der Waals surface area contributed by atoms with Gasteiger partial charge in [0.2, 0.25) is 0 Å². The molecule has 0 saturated heterocycles. The zero-order valence-corrected chi connectivity index (χ0v) is 17.1. The van der Waals surface area contributed by atoms with Crippen LogP contribution in [0.25, 0.3) is 0 Å². The highest BCUT2D eigenvalue weighted by Crippen LogP contribution is 2.27. The Bertz CT molecular complexity index is 803. The van der Waals surface area contributed by atoms with E-state index >= 15 is 0 Å². The van der Waals surface area contributed by atoms with Crippen LogP contribution >= 0.6 is 11.6 Å². The van der Waals surface area contributed by atoms with Gasteiger partial charge in [0, 0.05) is 41.1 Å². The fourth-order valence-electron chi connectivity index (χ4n) is 4.17. The minimum absolute atomic E-state index is 0.443. The zero-order valence-electron chi connectivity index (χ0n) is 16.4. The van der Waals surface area contributed by atoms with E-state index in [0.717, 1.165) is 28.4 Å². The fourth-order valence-corrected chi connectivity index (χ4v) is 4.29. The Morgan fingerprint density at radius 2 is 1.78 bits per heavy atom. The quantitative estimate of drug-likeness (QED) is 0.717. The molecule has 0 radical (unpaired) electrons. The lowest BCUT2D eigenvalue weighted by atomic mass is 9.87. The molecular formula is C22H29ClN2O2. The van der Waals surface area contributed by atoms with Gasteiger partial charge in [0.1, 0.15) is 0 Å². The van der Waals surface area contributed by atoms with Gasteiger partial charge in [0.25, 0.3) is 0 Å². The van der Waals surface area contributed by atoms with Gasteiger partial charge in [-0.1, -0.05) is 30.7 Å². The molecule has 1 aromatic carbocycles. The molecule has 0 atom stereocenters. The molecule has 0 aliphatic heterocycles. The molecule has 2 aromatic rings. The number of nitrogens with one attached hydrogen (secondary N) is 1. The van der Waals surface area contributed by atoms with Gasteiger partial charge < -0.3 is 15.0 Å². The number of carboxylic acids is 1. The van der Waals surface area contributed by atoms with E-state index in [0.29, 0.717) is 29.7 Å². The van der Waals surface area contributed by atoms with Gasteiger partial charge >= 0.3 is 5.97 Å². The maximum absolute atomic E-state index is 11.9. The van der Waals surface area contributed by atoms with E-state index in [-0.39, 0.29) is 0 Å². The molecule has 1 saturated carbocycles. The van der Waals surface area contributed by atoms with Crippen molar-refractivity contribution in [3.05, 3.63) is 57.4 Å². The van der Waals surface area contributed by atoms with Crippen molar-refractivity contribution in [3.63, 3.8) is 0 Å². The predicted octanol–water partition coefficient (Wildman–Crippen LogP) is 5.17. The van der Waals surface area contributed by atoms with E-state index in [2.05, 4.69) is 16.8 Å². The molecule has 1 heterocycles. The first kappa shape index (κ1) is 20.0. The summed E-state index contributed by atoms with van der Waals surface area (Å²) in [5.41, 5.74) is 4.30. The van der Waals surface area contributed by atoms with Crippen LogP contribution in [0.1, 0.15) is 65.5 Å². The van der Waals surface area contributed by atoms with Crippen molar-refractivity contribution in [1.29, 1.82) is 0 Å². The number of nitrogens with zero attached hydrogens (tertiary/aromatic N) is 1. The van der Waals surface area contributed by atoms with Crippen LogP contribution < -0.4 is 5.32 Å². The Morgan fingerprint density at radius 3 is 2.37 bits per heavy atom. The molecule has 0 amide bonds. The summed E-state index contributed by atoms with van der Waals surface area (Å²) >= 11 is 5.98. The van der Waals surface area contributed by atoms with Crippen molar-refractivity contribution >= 4 is 17.6 Å². The largest absolute Gasteiger partial charge is 0.478 e. The minimum Gasteiger partial charge on any atom is -0.478 e. The zero-order chi connectivity index (χ0) is 19.6. The van der Waals surface area contributed by atoms with Crippen molar-refractivity contribution in [2.24, 2.45) is 5.92 Å². The Morgan fingerprint density at radius 1 is 1.15 bits per heavy atom. The molecule has 5 heteroatoms. The molecule has 4 nitrogen and oxygen atoms in total. The highest BCUT2D eigenvalue weighted by atomic mass is 35.5. The third kappa shape index (κ3) is 4.56. The van der Waals surface area contributed by atoms with Crippen LogP contribution in [0.15, 0.2) is 24.3 Å². The van der Waals surface area contributed by atoms with Crippen LogP contribution in [0.3, 0.4) is 0 Å². The highest BCUT2D eigenvalue weighted by Gasteiger charge is 2.24. The molecular weight excluding hydrogens is 360 g/mol. The molecule has 27 heavy (non-hydrogen) atoms. The number of rotatable bonds is 6. The standard InChI is InChI=1S/C22H29ClN2O2/c1-14-4-10-19(11-5-14)24-12-20-15(2)25(16(3)21(20)22(26)27)13-17-6-8-18(23)9-7-17/h6-9,14,19,24H,4-5,10-13H2,1-3H3,(H,26,27). The highest BCUT2D eigenvalue weighted by molar-refractivity contribution is 6.30. The molecule has 0 spiro atoms. The minimum atomic E-state index is -0.848. The predicted molar refractivity (Wildman–Crippen MR) is 110 cm³/mol. The number of hydrogen-bond acceptors (Lipinski definition) is 2. The second-order valence-electron chi connectivity index (χ2n) is 7.88. The number of carboxylic acid groups (broad SMARTS) is 1. The van der Waals surface area contributed by atoms with Crippen molar-refractivity contribution in [2.75, 3.05) is 0 Å². The van der Waals surface area contributed by atoms with Gasteiger partial charge in [-0.15, -0.1) is 0 Å². The molecule has 3 rings (SSSR count). The van der Waals surface area contributed by atoms with Crippen molar-refractivity contribution in [2.45, 2.75) is 65.6 Å². The number of aromatic carboxylic acids is 1. The number of halogens is 1. The molecule has 1 aliphatic rings. The van der Waals surface area contributed by atoms with Crippen LogP contribution in [0.2, 0.25) is 5.02 Å². The number of aromatic nitrogens is 1. The second kappa shape index (κ2) is 8.49. The smallest absolute Gasteiger partial charge is 0.337 e. The summed E-state index contributed by atoms with van der Waals surface area (Å²) in [6, 6.07) is 8.21. The molecule has 146 valence electrons. The van der Waals surface area contributed by atoms with Gasteiger partial charge in [-0.05, 0) is 63.1 Å². The third-order valence-corrected chi connectivity index (χ3v) is 6.21. The van der Waals surface area contributed by atoms with E-state index in [1.807, 2.05) is 38.1 Å². The monoisotopic (exact) mass is 388 g/mol. The fraction of sp³-hybridized carbons (Fsp3) is 0.500. The summed E-state index contributed by atoms with van der Waals surface area (Å²) in [5.74, 6) is -0.0402. The summed E-state index contributed by atoms with van der Waals surface area (Å²) in [7, 11) is 0. The van der Waals surface area contributed by atoms with Crippen molar-refractivity contribution in [1.82, 2.24) is 9.88 Å². The normalized spacial score (nSPS) is 20.0. The SMILES string of the molecule is Cc1c(CNC2CCC(C)CC2)c(C(=O)O)c(C)n1Cc1ccc(Cl)cc1. The second-order valence-corrected chi connectivity index (χ2v) is 8.32. The lowest BCUT2D eigenvalue weighted by Gasteiger charge is -2.27. The van der Waals surface area contributed by atoms with E-state index in [1.165, 1.54) is 25.7 Å².